The SMILES string of the molecule is CCCCCC(=O)Nc1cc(N(C)C(=O)C2CO2)cn1C. The lowest BCUT2D eigenvalue weighted by Gasteiger charge is -2.13. The van der Waals surface area contributed by atoms with E-state index in [0.717, 1.165) is 24.9 Å². The van der Waals surface area contributed by atoms with Crippen molar-refractivity contribution in [2.45, 2.75) is 38.7 Å². The molecule has 1 aliphatic rings. The molecule has 1 atom stereocenters. The molecule has 1 unspecified atom stereocenters. The number of nitrogens with zero attached hydrogens (tertiary/aromatic N) is 2. The number of hydrogen-bond donors (Lipinski definition) is 1. The smallest absolute Gasteiger partial charge is 0.258 e. The molecule has 0 aromatic carbocycles. The van der Waals surface area contributed by atoms with Crippen molar-refractivity contribution in [3.05, 3.63) is 12.3 Å². The third-order valence-electron chi connectivity index (χ3n) is 3.59. The Bertz CT molecular complexity index is 520. The lowest BCUT2D eigenvalue weighted by Crippen LogP contribution is -2.30. The second kappa shape index (κ2) is 6.76. The van der Waals surface area contributed by atoms with Crippen LogP contribution in [0.15, 0.2) is 12.3 Å². The van der Waals surface area contributed by atoms with Crippen LogP contribution in [0.1, 0.15) is 32.6 Å². The standard InChI is InChI=1S/C15H23N3O3/c1-4-5-6-7-14(19)16-13-8-11(9-17(13)2)18(3)15(20)12-10-21-12/h8-9,12H,4-7,10H2,1-3H3,(H,16,19). The van der Waals surface area contributed by atoms with E-state index >= 15 is 0 Å². The number of likely N-dealkylation sites (N-methyl/N-ethyl adjacent to an activating group) is 1. The van der Waals surface area contributed by atoms with Crippen molar-refractivity contribution in [1.82, 2.24) is 4.57 Å². The molecule has 2 heterocycles. The van der Waals surface area contributed by atoms with Crippen LogP contribution in [0.5, 0.6) is 0 Å². The van der Waals surface area contributed by atoms with E-state index in [2.05, 4.69) is 12.2 Å². The van der Waals surface area contributed by atoms with E-state index in [1.54, 1.807) is 18.0 Å². The van der Waals surface area contributed by atoms with Gasteiger partial charge >= 0.3 is 0 Å². The Morgan fingerprint density at radius 1 is 1.48 bits per heavy atom. The summed E-state index contributed by atoms with van der Waals surface area (Å²) < 4.78 is 6.81. The molecule has 0 bridgehead atoms. The van der Waals surface area contributed by atoms with Gasteiger partial charge in [0.15, 0.2) is 6.10 Å². The van der Waals surface area contributed by atoms with Crippen molar-refractivity contribution in [1.29, 1.82) is 0 Å². The van der Waals surface area contributed by atoms with Crippen LogP contribution in [0.2, 0.25) is 0 Å². The Balaban J connectivity index is 1.95. The first kappa shape index (κ1) is 15.6. The molecule has 1 aromatic rings. The highest BCUT2D eigenvalue weighted by Crippen LogP contribution is 2.23. The zero-order valence-corrected chi connectivity index (χ0v) is 12.9. The van der Waals surface area contributed by atoms with Gasteiger partial charge in [-0.05, 0) is 6.42 Å². The summed E-state index contributed by atoms with van der Waals surface area (Å²) >= 11 is 0. The van der Waals surface area contributed by atoms with Crippen LogP contribution >= 0.6 is 0 Å². The molecular weight excluding hydrogens is 270 g/mol. The fraction of sp³-hybridized carbons (Fsp3) is 0.600. The van der Waals surface area contributed by atoms with Gasteiger partial charge in [-0.15, -0.1) is 0 Å². The highest BCUT2D eigenvalue weighted by atomic mass is 16.6. The monoisotopic (exact) mass is 293 g/mol. The summed E-state index contributed by atoms with van der Waals surface area (Å²) in [5.41, 5.74) is 0.752. The van der Waals surface area contributed by atoms with Crippen molar-refractivity contribution >= 4 is 23.3 Å². The maximum atomic E-state index is 11.9. The predicted molar refractivity (Wildman–Crippen MR) is 81.3 cm³/mol. The number of anilines is 2. The van der Waals surface area contributed by atoms with E-state index < -0.39 is 0 Å². The number of ether oxygens (including phenoxy) is 1. The minimum absolute atomic E-state index is 0.00991. The van der Waals surface area contributed by atoms with Crippen LogP contribution in [0.4, 0.5) is 11.5 Å². The second-order valence-corrected chi connectivity index (χ2v) is 5.42. The van der Waals surface area contributed by atoms with Gasteiger partial charge in [-0.25, -0.2) is 0 Å². The van der Waals surface area contributed by atoms with Gasteiger partial charge in [0, 0.05) is 32.8 Å². The Kier molecular flexibility index (Phi) is 5.01. The maximum Gasteiger partial charge on any atom is 0.258 e. The van der Waals surface area contributed by atoms with Crippen molar-refractivity contribution in [2.24, 2.45) is 7.05 Å². The summed E-state index contributed by atoms with van der Waals surface area (Å²) in [7, 11) is 3.56. The maximum absolute atomic E-state index is 11.9. The fourth-order valence-electron chi connectivity index (χ4n) is 2.13. The topological polar surface area (TPSA) is 66.9 Å². The predicted octanol–water partition coefficient (Wildman–Crippen LogP) is 1.91. The summed E-state index contributed by atoms with van der Waals surface area (Å²) in [5.74, 6) is 0.653. The highest BCUT2D eigenvalue weighted by Gasteiger charge is 2.34. The molecule has 1 aromatic heterocycles. The van der Waals surface area contributed by atoms with Crippen LogP contribution in [0.3, 0.4) is 0 Å². The number of nitrogens with one attached hydrogen (secondary N) is 1. The average Bonchev–Trinajstić information content (AvgIpc) is 3.23. The average molecular weight is 293 g/mol. The molecule has 1 N–H and O–H groups in total. The van der Waals surface area contributed by atoms with Gasteiger partial charge in [0.25, 0.3) is 5.91 Å². The van der Waals surface area contributed by atoms with Gasteiger partial charge in [0.2, 0.25) is 5.91 Å². The quantitative estimate of drug-likeness (QED) is 0.617. The van der Waals surface area contributed by atoms with Gasteiger partial charge in [-0.2, -0.15) is 0 Å². The van der Waals surface area contributed by atoms with Gasteiger partial charge in [-0.3, -0.25) is 9.59 Å². The summed E-state index contributed by atoms with van der Waals surface area (Å²) in [5, 5.41) is 2.88. The number of unbranched alkanes of at least 4 members (excludes halogenated alkanes) is 2. The number of rotatable bonds is 7. The number of aromatic nitrogens is 1. The number of epoxide rings is 1. The Morgan fingerprint density at radius 2 is 2.19 bits per heavy atom. The zero-order valence-electron chi connectivity index (χ0n) is 12.9. The normalized spacial score (nSPS) is 16.6. The van der Waals surface area contributed by atoms with E-state index in [1.807, 2.05) is 17.8 Å². The van der Waals surface area contributed by atoms with Gasteiger partial charge in [0.05, 0.1) is 12.3 Å². The Hall–Kier alpha value is -1.82. The second-order valence-electron chi connectivity index (χ2n) is 5.42. The van der Waals surface area contributed by atoms with Crippen LogP contribution < -0.4 is 10.2 Å². The highest BCUT2D eigenvalue weighted by molar-refractivity contribution is 5.98. The number of carbonyl (C=O) groups excluding carboxylic acids is 2. The summed E-state index contributed by atoms with van der Waals surface area (Å²) in [6, 6.07) is 1.80. The largest absolute Gasteiger partial charge is 0.363 e. The van der Waals surface area contributed by atoms with Gasteiger partial charge in [-0.1, -0.05) is 19.8 Å². The lowest BCUT2D eigenvalue weighted by atomic mass is 10.2. The molecule has 1 fully saturated rings. The zero-order chi connectivity index (χ0) is 15.4. The van der Waals surface area contributed by atoms with Crippen LogP contribution in [-0.2, 0) is 21.4 Å². The fourth-order valence-corrected chi connectivity index (χ4v) is 2.13. The van der Waals surface area contributed by atoms with Gasteiger partial charge < -0.3 is 19.5 Å². The van der Waals surface area contributed by atoms with Crippen LogP contribution in [0.25, 0.3) is 0 Å². The molecule has 2 rings (SSSR count). The number of aryl methyl sites for hydroxylation is 1. The molecule has 1 saturated heterocycles. The van der Waals surface area contributed by atoms with Crippen molar-refractivity contribution in [2.75, 3.05) is 23.9 Å². The van der Waals surface area contributed by atoms with E-state index in [0.29, 0.717) is 18.8 Å². The van der Waals surface area contributed by atoms with Crippen molar-refractivity contribution in [3.8, 4) is 0 Å². The minimum Gasteiger partial charge on any atom is -0.363 e. The first-order valence-electron chi connectivity index (χ1n) is 7.38. The molecule has 0 saturated carbocycles. The Morgan fingerprint density at radius 3 is 2.81 bits per heavy atom. The number of amides is 2. The first-order valence-corrected chi connectivity index (χ1v) is 7.38. The molecule has 0 radical (unpaired) electrons. The lowest BCUT2D eigenvalue weighted by molar-refractivity contribution is -0.119. The molecule has 6 heteroatoms. The van der Waals surface area contributed by atoms with E-state index in [4.69, 9.17) is 4.74 Å². The third-order valence-corrected chi connectivity index (χ3v) is 3.59. The van der Waals surface area contributed by atoms with Gasteiger partial charge in [0.1, 0.15) is 5.82 Å². The van der Waals surface area contributed by atoms with Crippen molar-refractivity contribution < 1.29 is 14.3 Å². The summed E-state index contributed by atoms with van der Waals surface area (Å²) in [6.07, 6.45) is 5.10. The number of hydrogen-bond acceptors (Lipinski definition) is 3. The molecular formula is C15H23N3O3. The molecule has 116 valence electrons. The molecule has 6 nitrogen and oxygen atoms in total. The third kappa shape index (κ3) is 4.07. The molecule has 1 aliphatic heterocycles. The van der Waals surface area contributed by atoms with E-state index in [9.17, 15) is 9.59 Å². The van der Waals surface area contributed by atoms with E-state index in [-0.39, 0.29) is 17.9 Å². The van der Waals surface area contributed by atoms with E-state index in [1.165, 1.54) is 0 Å². The molecule has 2 amide bonds. The molecule has 0 spiro atoms. The summed E-state index contributed by atoms with van der Waals surface area (Å²) in [4.78, 5) is 25.3. The summed E-state index contributed by atoms with van der Waals surface area (Å²) in [6.45, 7) is 2.61. The number of carbonyl (C=O) groups is 2. The minimum atomic E-state index is -0.303. The molecule has 0 aliphatic carbocycles. The molecule has 21 heavy (non-hydrogen) atoms. The van der Waals surface area contributed by atoms with Crippen LogP contribution in [0, 0.1) is 0 Å². The van der Waals surface area contributed by atoms with Crippen LogP contribution in [-0.4, -0.2) is 36.1 Å². The Labute approximate surface area is 125 Å². The van der Waals surface area contributed by atoms with Crippen molar-refractivity contribution in [3.63, 3.8) is 0 Å². The first-order chi connectivity index (χ1) is 10.0.